The van der Waals surface area contributed by atoms with E-state index in [2.05, 4.69) is 4.98 Å². The van der Waals surface area contributed by atoms with Crippen molar-refractivity contribution in [2.45, 2.75) is 0 Å². The van der Waals surface area contributed by atoms with E-state index < -0.39 is 0 Å². The van der Waals surface area contributed by atoms with Crippen LogP contribution in [0.15, 0.2) is 36.4 Å². The van der Waals surface area contributed by atoms with E-state index >= 15 is 0 Å². The van der Waals surface area contributed by atoms with Gasteiger partial charge in [0.2, 0.25) is 5.39 Å². The Balaban J connectivity index is 0.000000191. The molecule has 0 aliphatic rings. The number of halogens is 4. The molecule has 0 heterocycles. The van der Waals surface area contributed by atoms with Gasteiger partial charge in [-0.1, -0.05) is 46.4 Å². The van der Waals surface area contributed by atoms with E-state index in [4.69, 9.17) is 57.5 Å². The summed E-state index contributed by atoms with van der Waals surface area (Å²) in [6, 6.07) is 9.64. The first kappa shape index (κ1) is 15.9. The number of benzene rings is 2. The van der Waals surface area contributed by atoms with Crippen LogP contribution >= 0.6 is 46.4 Å². The van der Waals surface area contributed by atoms with Crippen molar-refractivity contribution in [1.82, 2.24) is 0 Å². The molecule has 2 N–H and O–H groups in total. The molecule has 0 aliphatic carbocycles. The molecule has 2 rings (SSSR count). The predicted octanol–water partition coefficient (Wildman–Crippen LogP) is 6.05. The highest BCUT2D eigenvalue weighted by molar-refractivity contribution is 6.35. The molecule has 0 aliphatic heterocycles. The summed E-state index contributed by atoms with van der Waals surface area (Å²) in [4.78, 5) is 2.91. The summed E-state index contributed by atoms with van der Waals surface area (Å²) in [6.07, 6.45) is 0. The summed E-state index contributed by atoms with van der Waals surface area (Å²) in [6.45, 7) is 0. The molecule has 0 saturated carbocycles. The Labute approximate surface area is 130 Å². The lowest BCUT2D eigenvalue weighted by atomic mass is 10.3. The fourth-order valence-electron chi connectivity index (χ4n) is 1.08. The van der Waals surface area contributed by atoms with Crippen molar-refractivity contribution in [3.8, 4) is 0 Å². The molecule has 0 bridgehead atoms. The number of diazo groups is 1. The van der Waals surface area contributed by atoms with E-state index in [-0.39, 0.29) is 5.69 Å². The van der Waals surface area contributed by atoms with Gasteiger partial charge >= 0.3 is 5.69 Å². The molecule has 0 fully saturated rings. The first-order valence-electron chi connectivity index (χ1n) is 4.94. The SMILES string of the molecule is N#[N+]c1cc(Cl)ccc1Cl.Nc1cc(Cl)ccc1Cl. The van der Waals surface area contributed by atoms with Crippen molar-refractivity contribution >= 4 is 57.8 Å². The zero-order chi connectivity index (χ0) is 14.4. The average molecular weight is 336 g/mol. The minimum atomic E-state index is 0.286. The number of hydrogen-bond acceptors (Lipinski definition) is 2. The fraction of sp³-hybridized carbons (Fsp3) is 0. The molecule has 98 valence electrons. The van der Waals surface area contributed by atoms with Gasteiger partial charge in [-0.05, 0) is 30.3 Å². The quantitative estimate of drug-likeness (QED) is 0.470. The summed E-state index contributed by atoms with van der Waals surface area (Å²) in [7, 11) is 0. The summed E-state index contributed by atoms with van der Waals surface area (Å²) in [5.74, 6) is 0. The standard InChI is InChI=1S/C6H3Cl2N2.C6H5Cl2N/c7-4-1-2-5(8)6(3-4)10-9;7-4-1-2-5(8)6(9)3-4/h1-3H;1-3H,9H2/q+1;. The Kier molecular flexibility index (Phi) is 6.20. The number of hydrogen-bond donors (Lipinski definition) is 1. The molecule has 3 nitrogen and oxygen atoms in total. The maximum Gasteiger partial charge on any atom is 0.404 e. The lowest BCUT2D eigenvalue weighted by Crippen LogP contribution is -1.83. The first-order chi connectivity index (χ1) is 8.93. The normalized spacial score (nSPS) is 9.21. The maximum absolute atomic E-state index is 8.32. The van der Waals surface area contributed by atoms with Gasteiger partial charge in [-0.15, -0.1) is 0 Å². The van der Waals surface area contributed by atoms with Gasteiger partial charge in [0, 0.05) is 10.0 Å². The molecular formula is C12H8Cl4N3+. The van der Waals surface area contributed by atoms with Gasteiger partial charge in [0.25, 0.3) is 0 Å². The van der Waals surface area contributed by atoms with Crippen LogP contribution in [0.25, 0.3) is 4.98 Å². The fourth-order valence-corrected chi connectivity index (χ4v) is 1.70. The van der Waals surface area contributed by atoms with Crippen molar-refractivity contribution in [1.29, 1.82) is 5.39 Å². The maximum atomic E-state index is 8.32. The highest BCUT2D eigenvalue weighted by Crippen LogP contribution is 2.27. The van der Waals surface area contributed by atoms with E-state index in [0.29, 0.717) is 25.8 Å². The molecule has 0 saturated heterocycles. The largest absolute Gasteiger partial charge is 0.404 e. The number of nitrogen functional groups attached to an aromatic ring is 1. The molecule has 0 radical (unpaired) electrons. The predicted molar refractivity (Wildman–Crippen MR) is 82.1 cm³/mol. The van der Waals surface area contributed by atoms with Crippen molar-refractivity contribution in [3.63, 3.8) is 0 Å². The Hall–Kier alpha value is -1.18. The van der Waals surface area contributed by atoms with Gasteiger partial charge in [0.1, 0.15) is 5.02 Å². The molecule has 0 spiro atoms. The number of anilines is 1. The molecule has 19 heavy (non-hydrogen) atoms. The van der Waals surface area contributed by atoms with Crippen LogP contribution < -0.4 is 5.73 Å². The van der Waals surface area contributed by atoms with Crippen LogP contribution in [0, 0.1) is 5.39 Å². The van der Waals surface area contributed by atoms with Crippen LogP contribution in [0.4, 0.5) is 11.4 Å². The lowest BCUT2D eigenvalue weighted by molar-refractivity contribution is 1.46. The van der Waals surface area contributed by atoms with Gasteiger partial charge in [-0.2, -0.15) is 0 Å². The van der Waals surface area contributed by atoms with Gasteiger partial charge in [0.15, 0.2) is 4.98 Å². The molecule has 0 amide bonds. The van der Waals surface area contributed by atoms with Crippen LogP contribution in [-0.4, -0.2) is 0 Å². The van der Waals surface area contributed by atoms with Gasteiger partial charge in [-0.25, -0.2) is 0 Å². The second kappa shape index (κ2) is 7.42. The first-order valence-corrected chi connectivity index (χ1v) is 6.46. The summed E-state index contributed by atoms with van der Waals surface area (Å²) < 4.78 is 0. The second-order valence-corrected chi connectivity index (χ2v) is 5.05. The van der Waals surface area contributed by atoms with Gasteiger partial charge < -0.3 is 5.73 Å². The topological polar surface area (TPSA) is 54.2 Å². The van der Waals surface area contributed by atoms with Crippen molar-refractivity contribution in [2.75, 3.05) is 5.73 Å². The van der Waals surface area contributed by atoms with Crippen LogP contribution in [0.5, 0.6) is 0 Å². The lowest BCUT2D eigenvalue weighted by Gasteiger charge is -1.95. The Morgan fingerprint density at radius 1 is 0.842 bits per heavy atom. The van der Waals surface area contributed by atoms with Crippen molar-refractivity contribution in [2.24, 2.45) is 0 Å². The third-order valence-electron chi connectivity index (χ3n) is 1.97. The van der Waals surface area contributed by atoms with Crippen molar-refractivity contribution in [3.05, 3.63) is 61.5 Å². The highest BCUT2D eigenvalue weighted by atomic mass is 35.5. The molecule has 0 atom stereocenters. The zero-order valence-corrected chi connectivity index (χ0v) is 12.5. The molecule has 2 aromatic rings. The Bertz CT molecular complexity index is 623. The van der Waals surface area contributed by atoms with E-state index in [9.17, 15) is 0 Å². The molecule has 0 unspecified atom stereocenters. The number of rotatable bonds is 0. The van der Waals surface area contributed by atoms with Crippen LogP contribution in [0.1, 0.15) is 0 Å². The zero-order valence-electron chi connectivity index (χ0n) is 9.45. The minimum absolute atomic E-state index is 0.286. The van der Waals surface area contributed by atoms with E-state index in [0.717, 1.165) is 0 Å². The van der Waals surface area contributed by atoms with Gasteiger partial charge in [-0.3, -0.25) is 0 Å². The summed E-state index contributed by atoms with van der Waals surface area (Å²) in [5.41, 5.74) is 6.21. The second-order valence-electron chi connectivity index (χ2n) is 3.36. The monoisotopic (exact) mass is 334 g/mol. The third kappa shape index (κ3) is 5.14. The summed E-state index contributed by atoms with van der Waals surface area (Å²) >= 11 is 22.3. The minimum Gasteiger partial charge on any atom is -0.397 e. The van der Waals surface area contributed by atoms with E-state index in [1.165, 1.54) is 6.07 Å². The highest BCUT2D eigenvalue weighted by Gasteiger charge is 2.10. The third-order valence-corrected chi connectivity index (χ3v) is 3.11. The average Bonchev–Trinajstić information content (AvgIpc) is 2.38. The Morgan fingerprint density at radius 2 is 1.37 bits per heavy atom. The van der Waals surface area contributed by atoms with Crippen LogP contribution in [0.2, 0.25) is 20.1 Å². The molecule has 2 aromatic carbocycles. The molecule has 7 heteroatoms. The van der Waals surface area contributed by atoms with Crippen molar-refractivity contribution < 1.29 is 0 Å². The molecular weight excluding hydrogens is 328 g/mol. The summed E-state index contributed by atoms with van der Waals surface area (Å²) in [5, 5.41) is 10.4. The van der Waals surface area contributed by atoms with Crippen LogP contribution in [-0.2, 0) is 0 Å². The van der Waals surface area contributed by atoms with E-state index in [1.54, 1.807) is 30.3 Å². The molecule has 0 aromatic heterocycles. The van der Waals surface area contributed by atoms with Crippen LogP contribution in [0.3, 0.4) is 0 Å². The number of nitrogens with two attached hydrogens (primary N) is 1. The number of nitrogens with zero attached hydrogens (tertiary/aromatic N) is 2. The Morgan fingerprint density at radius 3 is 1.79 bits per heavy atom. The van der Waals surface area contributed by atoms with Gasteiger partial charge in [0.05, 0.1) is 16.8 Å². The smallest absolute Gasteiger partial charge is 0.397 e. The van der Waals surface area contributed by atoms with E-state index in [1.807, 2.05) is 0 Å².